The first-order valence-electron chi connectivity index (χ1n) is 3.77. The molecule has 0 fully saturated rings. The highest BCUT2D eigenvalue weighted by atomic mass is 79.9. The second-order valence-electron chi connectivity index (χ2n) is 2.59. The maximum Gasteiger partial charge on any atom is 0.308 e. The maximum atomic E-state index is 13.1. The number of esters is 1. The molecule has 1 rings (SSSR count). The molecule has 0 amide bonds. The molecule has 0 heterocycles. The van der Waals surface area contributed by atoms with E-state index < -0.39 is 17.6 Å². The largest absolute Gasteiger partial charge is 0.427 e. The summed E-state index contributed by atoms with van der Waals surface area (Å²) in [5.74, 6) is -2.22. The van der Waals surface area contributed by atoms with Crippen LogP contribution in [0.25, 0.3) is 0 Å². The average molecular weight is 265 g/mol. The highest BCUT2D eigenvalue weighted by Crippen LogP contribution is 2.22. The molecular weight excluding hydrogens is 258 g/mol. The second kappa shape index (κ2) is 4.50. The zero-order chi connectivity index (χ0) is 10.7. The lowest BCUT2D eigenvalue weighted by Crippen LogP contribution is -2.03. The van der Waals surface area contributed by atoms with Crippen LogP contribution in [0.1, 0.15) is 12.5 Å². The smallest absolute Gasteiger partial charge is 0.308 e. The third-order valence-corrected chi connectivity index (χ3v) is 2.07. The summed E-state index contributed by atoms with van der Waals surface area (Å²) in [5.41, 5.74) is -0.0825. The van der Waals surface area contributed by atoms with Gasteiger partial charge >= 0.3 is 5.97 Å². The SMILES string of the molecule is CC(=O)Oc1cc(F)c(CBr)c(F)c1. The van der Waals surface area contributed by atoms with Crippen LogP contribution >= 0.6 is 15.9 Å². The van der Waals surface area contributed by atoms with Crippen molar-refractivity contribution in [1.29, 1.82) is 0 Å². The van der Waals surface area contributed by atoms with Crippen molar-refractivity contribution in [2.45, 2.75) is 12.3 Å². The first-order chi connectivity index (χ1) is 6.54. The van der Waals surface area contributed by atoms with Crippen LogP contribution in [-0.4, -0.2) is 5.97 Å². The van der Waals surface area contributed by atoms with Crippen LogP contribution in [0.2, 0.25) is 0 Å². The predicted octanol–water partition coefficient (Wildman–Crippen LogP) is 2.79. The number of carbonyl (C=O) groups excluding carboxylic acids is 1. The van der Waals surface area contributed by atoms with E-state index in [1.165, 1.54) is 0 Å². The lowest BCUT2D eigenvalue weighted by Gasteiger charge is -2.05. The molecule has 14 heavy (non-hydrogen) atoms. The summed E-state index contributed by atoms with van der Waals surface area (Å²) >= 11 is 2.95. The molecule has 0 unspecified atom stereocenters. The molecule has 0 saturated carbocycles. The minimum absolute atomic E-state index is 0.0744. The zero-order valence-corrected chi connectivity index (χ0v) is 8.90. The van der Waals surface area contributed by atoms with E-state index in [0.717, 1.165) is 19.1 Å². The summed E-state index contributed by atoms with van der Waals surface area (Å²) in [7, 11) is 0. The van der Waals surface area contributed by atoms with Crippen molar-refractivity contribution in [1.82, 2.24) is 0 Å². The van der Waals surface area contributed by atoms with Gasteiger partial charge < -0.3 is 4.74 Å². The van der Waals surface area contributed by atoms with Gasteiger partial charge in [0.1, 0.15) is 17.4 Å². The summed E-state index contributed by atoms with van der Waals surface area (Å²) in [6.45, 7) is 1.16. The predicted molar refractivity (Wildman–Crippen MR) is 50.3 cm³/mol. The van der Waals surface area contributed by atoms with Gasteiger partial charge in [-0.2, -0.15) is 0 Å². The van der Waals surface area contributed by atoms with E-state index in [1.807, 2.05) is 0 Å². The number of halogens is 3. The first kappa shape index (κ1) is 11.1. The maximum absolute atomic E-state index is 13.1. The Balaban J connectivity index is 3.07. The third-order valence-electron chi connectivity index (χ3n) is 1.51. The highest BCUT2D eigenvalue weighted by molar-refractivity contribution is 9.08. The summed E-state index contributed by atoms with van der Waals surface area (Å²) in [5, 5.41) is 0.0744. The summed E-state index contributed by atoms with van der Waals surface area (Å²) in [6.07, 6.45) is 0. The van der Waals surface area contributed by atoms with Crippen molar-refractivity contribution in [3.8, 4) is 5.75 Å². The van der Waals surface area contributed by atoms with Gasteiger partial charge in [0.05, 0.1) is 0 Å². The van der Waals surface area contributed by atoms with E-state index >= 15 is 0 Å². The number of hydrogen-bond acceptors (Lipinski definition) is 2. The van der Waals surface area contributed by atoms with E-state index in [1.54, 1.807) is 0 Å². The van der Waals surface area contributed by atoms with Gasteiger partial charge in [0.15, 0.2) is 0 Å². The van der Waals surface area contributed by atoms with Gasteiger partial charge in [0, 0.05) is 30.0 Å². The molecule has 5 heteroatoms. The average Bonchev–Trinajstić information content (AvgIpc) is 2.01. The Hall–Kier alpha value is -0.970. The Morgan fingerprint density at radius 1 is 1.43 bits per heavy atom. The lowest BCUT2D eigenvalue weighted by molar-refractivity contribution is -0.131. The van der Waals surface area contributed by atoms with Crippen LogP contribution in [-0.2, 0) is 10.1 Å². The van der Waals surface area contributed by atoms with Crippen molar-refractivity contribution < 1.29 is 18.3 Å². The summed E-state index contributed by atoms with van der Waals surface area (Å²) in [6, 6.07) is 1.95. The van der Waals surface area contributed by atoms with Crippen LogP contribution in [0.4, 0.5) is 8.78 Å². The molecule has 0 N–H and O–H groups in total. The summed E-state index contributed by atoms with van der Waals surface area (Å²) < 4.78 is 30.7. The number of ether oxygens (including phenoxy) is 1. The molecule has 0 spiro atoms. The van der Waals surface area contributed by atoms with Crippen molar-refractivity contribution in [2.75, 3.05) is 0 Å². The van der Waals surface area contributed by atoms with Gasteiger partial charge in [0.2, 0.25) is 0 Å². The first-order valence-corrected chi connectivity index (χ1v) is 4.89. The standard InChI is InChI=1S/C9H7BrF2O2/c1-5(13)14-6-2-8(11)7(4-10)9(12)3-6/h2-3H,4H2,1H3. The van der Waals surface area contributed by atoms with Crippen molar-refractivity contribution in [3.05, 3.63) is 29.3 Å². The number of carbonyl (C=O) groups is 1. The Kier molecular flexibility index (Phi) is 3.57. The molecule has 0 aromatic heterocycles. The molecule has 0 aliphatic rings. The van der Waals surface area contributed by atoms with E-state index in [4.69, 9.17) is 0 Å². The Labute approximate surface area is 88.0 Å². The highest BCUT2D eigenvalue weighted by Gasteiger charge is 2.11. The molecule has 0 aliphatic carbocycles. The van der Waals surface area contributed by atoms with Crippen LogP contribution in [0, 0.1) is 11.6 Å². The quantitative estimate of drug-likeness (QED) is 0.467. The fourth-order valence-electron chi connectivity index (χ4n) is 0.932. The molecular formula is C9H7BrF2O2. The lowest BCUT2D eigenvalue weighted by atomic mass is 10.2. The molecule has 0 saturated heterocycles. The van der Waals surface area contributed by atoms with E-state index in [-0.39, 0.29) is 16.6 Å². The molecule has 0 radical (unpaired) electrons. The topological polar surface area (TPSA) is 26.3 Å². The fourth-order valence-corrected chi connectivity index (χ4v) is 1.47. The van der Waals surface area contributed by atoms with Crippen molar-refractivity contribution >= 4 is 21.9 Å². The molecule has 0 bridgehead atoms. The Morgan fingerprint density at radius 3 is 2.29 bits per heavy atom. The van der Waals surface area contributed by atoms with Gasteiger partial charge in [-0.3, -0.25) is 4.79 Å². The molecule has 1 aromatic carbocycles. The van der Waals surface area contributed by atoms with Crippen LogP contribution < -0.4 is 4.74 Å². The number of rotatable bonds is 2. The number of hydrogen-bond donors (Lipinski definition) is 0. The van der Waals surface area contributed by atoms with E-state index in [0.29, 0.717) is 0 Å². The monoisotopic (exact) mass is 264 g/mol. The van der Waals surface area contributed by atoms with E-state index in [9.17, 15) is 13.6 Å². The Bertz CT molecular complexity index is 343. The van der Waals surface area contributed by atoms with Crippen LogP contribution in [0.3, 0.4) is 0 Å². The third kappa shape index (κ3) is 2.51. The summed E-state index contributed by atoms with van der Waals surface area (Å²) in [4.78, 5) is 10.5. The van der Waals surface area contributed by atoms with Crippen LogP contribution in [0.15, 0.2) is 12.1 Å². The Morgan fingerprint density at radius 2 is 1.93 bits per heavy atom. The van der Waals surface area contributed by atoms with Gasteiger partial charge in [-0.25, -0.2) is 8.78 Å². The fraction of sp³-hybridized carbons (Fsp3) is 0.222. The van der Waals surface area contributed by atoms with Crippen molar-refractivity contribution in [2.24, 2.45) is 0 Å². The number of alkyl halides is 1. The molecule has 0 aliphatic heterocycles. The minimum Gasteiger partial charge on any atom is -0.427 e. The van der Waals surface area contributed by atoms with Gasteiger partial charge in [0.25, 0.3) is 0 Å². The van der Waals surface area contributed by atoms with Crippen LogP contribution in [0.5, 0.6) is 5.75 Å². The second-order valence-corrected chi connectivity index (χ2v) is 3.15. The van der Waals surface area contributed by atoms with Crippen molar-refractivity contribution in [3.63, 3.8) is 0 Å². The van der Waals surface area contributed by atoms with E-state index in [2.05, 4.69) is 20.7 Å². The zero-order valence-electron chi connectivity index (χ0n) is 7.31. The molecule has 2 nitrogen and oxygen atoms in total. The van der Waals surface area contributed by atoms with Gasteiger partial charge in [-0.1, -0.05) is 15.9 Å². The number of benzene rings is 1. The molecule has 1 aromatic rings. The minimum atomic E-state index is -0.738. The normalized spacial score (nSPS) is 10.0. The molecule has 76 valence electrons. The molecule has 0 atom stereocenters. The van der Waals surface area contributed by atoms with Gasteiger partial charge in [-0.05, 0) is 0 Å². The van der Waals surface area contributed by atoms with Gasteiger partial charge in [-0.15, -0.1) is 0 Å².